The summed E-state index contributed by atoms with van der Waals surface area (Å²) in [6, 6.07) is 13.0. The van der Waals surface area contributed by atoms with E-state index in [1.54, 1.807) is 36.4 Å². The highest BCUT2D eigenvalue weighted by molar-refractivity contribution is 7.80. The summed E-state index contributed by atoms with van der Waals surface area (Å²) >= 11 is 5.12. The Morgan fingerprint density at radius 3 is 2.45 bits per heavy atom. The maximum atomic E-state index is 12.0. The van der Waals surface area contributed by atoms with E-state index in [4.69, 9.17) is 21.7 Å². The van der Waals surface area contributed by atoms with Gasteiger partial charge in [-0.15, -0.1) is 0 Å². The van der Waals surface area contributed by atoms with Gasteiger partial charge >= 0.3 is 0 Å². The van der Waals surface area contributed by atoms with Gasteiger partial charge in [-0.3, -0.25) is 20.2 Å². The fourth-order valence-corrected chi connectivity index (χ4v) is 2.41. The summed E-state index contributed by atoms with van der Waals surface area (Å²) in [5, 5.41) is 16.2. The Hall–Kier alpha value is -3.30. The van der Waals surface area contributed by atoms with Crippen LogP contribution >= 0.6 is 12.2 Å². The quantitative estimate of drug-likeness (QED) is 0.212. The summed E-state index contributed by atoms with van der Waals surface area (Å²) in [6.07, 6.45) is 2.83. The van der Waals surface area contributed by atoms with Gasteiger partial charge in [0.05, 0.1) is 11.5 Å². The maximum absolute atomic E-state index is 12.0. The Balaban J connectivity index is 1.79. The molecule has 29 heavy (non-hydrogen) atoms. The van der Waals surface area contributed by atoms with Gasteiger partial charge in [0.25, 0.3) is 5.69 Å². The first-order valence-electron chi connectivity index (χ1n) is 8.83. The van der Waals surface area contributed by atoms with E-state index >= 15 is 0 Å². The van der Waals surface area contributed by atoms with Crippen molar-refractivity contribution in [3.05, 3.63) is 70.3 Å². The van der Waals surface area contributed by atoms with Crippen LogP contribution in [0.3, 0.4) is 0 Å². The van der Waals surface area contributed by atoms with Crippen molar-refractivity contribution in [1.82, 2.24) is 5.32 Å². The van der Waals surface area contributed by atoms with Crippen LogP contribution in [0.2, 0.25) is 0 Å². The standard InChI is InChI=1S/C20H21N3O5S/c1-2-27-13-14-28-18-10-6-16(7-11-18)21-20(29)22-19(24)12-5-15-3-8-17(9-4-15)23(25)26/h3-12H,2,13-14H2,1H3,(H2,21,22,24,29)/b12-5+. The molecule has 0 heterocycles. The SMILES string of the molecule is CCOCCOc1ccc(NC(=S)NC(=O)/C=C/c2ccc([N+](=O)[O-])cc2)cc1. The molecule has 0 saturated carbocycles. The van der Waals surface area contributed by atoms with Crippen molar-refractivity contribution in [2.45, 2.75) is 6.92 Å². The number of hydrogen-bond acceptors (Lipinski definition) is 6. The number of amides is 1. The van der Waals surface area contributed by atoms with Crippen LogP contribution in [-0.2, 0) is 9.53 Å². The Kier molecular flexibility index (Phi) is 8.74. The number of nitro benzene ring substituents is 1. The minimum Gasteiger partial charge on any atom is -0.491 e. The summed E-state index contributed by atoms with van der Waals surface area (Å²) in [4.78, 5) is 22.1. The Bertz CT molecular complexity index is 867. The number of carbonyl (C=O) groups excluding carboxylic acids is 1. The zero-order chi connectivity index (χ0) is 21.1. The van der Waals surface area contributed by atoms with Crippen LogP contribution in [0.4, 0.5) is 11.4 Å². The van der Waals surface area contributed by atoms with Crippen molar-refractivity contribution in [2.75, 3.05) is 25.1 Å². The van der Waals surface area contributed by atoms with Gasteiger partial charge in [0.1, 0.15) is 12.4 Å². The number of nitro groups is 1. The lowest BCUT2D eigenvalue weighted by molar-refractivity contribution is -0.384. The largest absolute Gasteiger partial charge is 0.491 e. The number of rotatable bonds is 9. The van der Waals surface area contributed by atoms with Gasteiger partial charge in [0.15, 0.2) is 5.11 Å². The molecule has 0 saturated heterocycles. The summed E-state index contributed by atoms with van der Waals surface area (Å²) in [5.41, 5.74) is 1.35. The van der Waals surface area contributed by atoms with Crippen LogP contribution in [0.25, 0.3) is 6.08 Å². The van der Waals surface area contributed by atoms with Gasteiger partial charge in [-0.2, -0.15) is 0 Å². The van der Waals surface area contributed by atoms with Crippen molar-refractivity contribution in [3.63, 3.8) is 0 Å². The first-order valence-corrected chi connectivity index (χ1v) is 9.24. The average molecular weight is 415 g/mol. The molecule has 2 aromatic carbocycles. The van der Waals surface area contributed by atoms with Crippen molar-refractivity contribution in [2.24, 2.45) is 0 Å². The highest BCUT2D eigenvalue weighted by Gasteiger charge is 2.04. The topological polar surface area (TPSA) is 103 Å². The van der Waals surface area contributed by atoms with Gasteiger partial charge in [0.2, 0.25) is 5.91 Å². The zero-order valence-electron chi connectivity index (χ0n) is 15.8. The number of carbonyl (C=O) groups is 1. The minimum atomic E-state index is -0.482. The molecule has 0 atom stereocenters. The van der Waals surface area contributed by atoms with Crippen molar-refractivity contribution >= 4 is 40.7 Å². The van der Waals surface area contributed by atoms with Gasteiger partial charge < -0.3 is 14.8 Å². The third-order valence-electron chi connectivity index (χ3n) is 3.58. The predicted octanol–water partition coefficient (Wildman–Crippen LogP) is 3.54. The van der Waals surface area contributed by atoms with Crippen molar-refractivity contribution in [3.8, 4) is 5.75 Å². The molecule has 0 unspecified atom stereocenters. The summed E-state index contributed by atoms with van der Waals surface area (Å²) in [7, 11) is 0. The lowest BCUT2D eigenvalue weighted by Crippen LogP contribution is -2.32. The summed E-state index contributed by atoms with van der Waals surface area (Å²) in [5.74, 6) is 0.285. The number of nitrogens with one attached hydrogen (secondary N) is 2. The third kappa shape index (κ3) is 8.08. The van der Waals surface area contributed by atoms with Crippen LogP contribution in [0, 0.1) is 10.1 Å². The van der Waals surface area contributed by atoms with Crippen LogP contribution in [0.5, 0.6) is 5.75 Å². The smallest absolute Gasteiger partial charge is 0.269 e. The van der Waals surface area contributed by atoms with E-state index in [0.717, 1.165) is 0 Å². The van der Waals surface area contributed by atoms with E-state index in [9.17, 15) is 14.9 Å². The molecular formula is C20H21N3O5S. The molecule has 2 aromatic rings. The number of benzene rings is 2. The number of ether oxygens (including phenoxy) is 2. The lowest BCUT2D eigenvalue weighted by atomic mass is 10.2. The first-order chi connectivity index (χ1) is 14.0. The third-order valence-corrected chi connectivity index (χ3v) is 3.78. The van der Waals surface area contributed by atoms with Gasteiger partial charge in [-0.05, 0) is 67.2 Å². The highest BCUT2D eigenvalue weighted by Crippen LogP contribution is 2.16. The van der Waals surface area contributed by atoms with E-state index in [2.05, 4.69) is 10.6 Å². The molecule has 2 N–H and O–H groups in total. The highest BCUT2D eigenvalue weighted by atomic mass is 32.1. The molecule has 0 aliphatic heterocycles. The van der Waals surface area contributed by atoms with Crippen LogP contribution in [-0.4, -0.2) is 35.8 Å². The monoisotopic (exact) mass is 415 g/mol. The maximum Gasteiger partial charge on any atom is 0.269 e. The molecule has 0 radical (unpaired) electrons. The minimum absolute atomic E-state index is 0.0114. The lowest BCUT2D eigenvalue weighted by Gasteiger charge is -2.10. The van der Waals surface area contributed by atoms with Gasteiger partial charge in [0, 0.05) is 30.5 Å². The molecule has 9 heteroatoms. The molecule has 152 valence electrons. The van der Waals surface area contributed by atoms with E-state index in [0.29, 0.717) is 36.8 Å². The van der Waals surface area contributed by atoms with Crippen LogP contribution in [0.1, 0.15) is 12.5 Å². The summed E-state index contributed by atoms with van der Waals surface area (Å²) < 4.78 is 10.7. The van der Waals surface area contributed by atoms with Crippen LogP contribution in [0.15, 0.2) is 54.6 Å². The Morgan fingerprint density at radius 1 is 1.14 bits per heavy atom. The van der Waals surface area contributed by atoms with Gasteiger partial charge in [-0.25, -0.2) is 0 Å². The molecule has 0 aliphatic carbocycles. The van der Waals surface area contributed by atoms with Crippen molar-refractivity contribution in [1.29, 1.82) is 0 Å². The molecular weight excluding hydrogens is 394 g/mol. The fourth-order valence-electron chi connectivity index (χ4n) is 2.19. The summed E-state index contributed by atoms with van der Waals surface area (Å²) in [6.45, 7) is 3.57. The van der Waals surface area contributed by atoms with E-state index in [1.807, 2.05) is 6.92 Å². The first kappa shape index (κ1) is 22.0. The number of hydrogen-bond donors (Lipinski definition) is 2. The van der Waals surface area contributed by atoms with Crippen molar-refractivity contribution < 1.29 is 19.2 Å². The van der Waals surface area contributed by atoms with Crippen LogP contribution < -0.4 is 15.4 Å². The van der Waals surface area contributed by atoms with E-state index < -0.39 is 10.8 Å². The Morgan fingerprint density at radius 2 is 1.83 bits per heavy atom. The number of thiocarbonyl (C=S) groups is 1. The van der Waals surface area contributed by atoms with E-state index in [-0.39, 0.29) is 10.8 Å². The number of non-ortho nitro benzene ring substituents is 1. The number of nitrogens with zero attached hydrogens (tertiary/aromatic N) is 1. The fraction of sp³-hybridized carbons (Fsp3) is 0.200. The Labute approximate surface area is 173 Å². The molecule has 2 rings (SSSR count). The molecule has 8 nitrogen and oxygen atoms in total. The average Bonchev–Trinajstić information content (AvgIpc) is 2.71. The number of anilines is 1. The zero-order valence-corrected chi connectivity index (χ0v) is 16.6. The second-order valence-corrected chi connectivity index (χ2v) is 6.10. The molecule has 0 aromatic heterocycles. The van der Waals surface area contributed by atoms with Gasteiger partial charge in [-0.1, -0.05) is 0 Å². The van der Waals surface area contributed by atoms with E-state index in [1.165, 1.54) is 24.3 Å². The molecule has 0 spiro atoms. The second-order valence-electron chi connectivity index (χ2n) is 5.70. The molecule has 1 amide bonds. The second kappa shape index (κ2) is 11.5. The molecule has 0 aliphatic rings. The molecule has 0 fully saturated rings. The molecule has 0 bridgehead atoms. The predicted molar refractivity (Wildman–Crippen MR) is 115 cm³/mol. The normalized spacial score (nSPS) is 10.5.